The molecule has 0 spiro atoms. The average Bonchev–Trinajstić information content (AvgIpc) is 2.45. The predicted octanol–water partition coefficient (Wildman–Crippen LogP) is 1.94. The molecule has 2 heterocycles. The van der Waals surface area contributed by atoms with Crippen LogP contribution in [0.4, 0.5) is 5.82 Å². The molecule has 20 heavy (non-hydrogen) atoms. The predicted molar refractivity (Wildman–Crippen MR) is 78.1 cm³/mol. The maximum absolute atomic E-state index is 12.1. The first-order valence-corrected chi connectivity index (χ1v) is 6.62. The second kappa shape index (κ2) is 6.65. The van der Waals surface area contributed by atoms with Crippen molar-refractivity contribution in [1.82, 2.24) is 15.3 Å². The standard InChI is InChI=1S/C15H18N4O/c1-2-4-13-7-12(8-14(16)19-13)15(20)18-10-11-5-3-6-17-9-11/h3,5-9H,2,4,10H2,1H3,(H2,16,19)(H,18,20). The first-order valence-electron chi connectivity index (χ1n) is 6.62. The van der Waals surface area contributed by atoms with E-state index in [2.05, 4.69) is 22.2 Å². The zero-order valence-electron chi connectivity index (χ0n) is 11.5. The van der Waals surface area contributed by atoms with Crippen molar-refractivity contribution in [3.05, 3.63) is 53.5 Å². The molecule has 104 valence electrons. The van der Waals surface area contributed by atoms with E-state index in [9.17, 15) is 4.79 Å². The molecule has 0 aliphatic carbocycles. The third kappa shape index (κ3) is 3.78. The number of pyridine rings is 2. The van der Waals surface area contributed by atoms with Crippen molar-refractivity contribution in [1.29, 1.82) is 0 Å². The van der Waals surface area contributed by atoms with Crippen molar-refractivity contribution in [3.63, 3.8) is 0 Å². The number of anilines is 1. The van der Waals surface area contributed by atoms with Crippen LogP contribution in [0.15, 0.2) is 36.7 Å². The first kappa shape index (κ1) is 14.0. The Morgan fingerprint density at radius 3 is 2.95 bits per heavy atom. The fraction of sp³-hybridized carbons (Fsp3) is 0.267. The van der Waals surface area contributed by atoms with Gasteiger partial charge in [-0.25, -0.2) is 4.98 Å². The highest BCUT2D eigenvalue weighted by Crippen LogP contribution is 2.10. The highest BCUT2D eigenvalue weighted by Gasteiger charge is 2.08. The molecule has 2 aromatic heterocycles. The van der Waals surface area contributed by atoms with Crippen molar-refractivity contribution in [2.45, 2.75) is 26.3 Å². The number of nitrogens with one attached hydrogen (secondary N) is 1. The average molecular weight is 270 g/mol. The third-order valence-electron chi connectivity index (χ3n) is 2.84. The van der Waals surface area contributed by atoms with Gasteiger partial charge in [-0.3, -0.25) is 9.78 Å². The summed E-state index contributed by atoms with van der Waals surface area (Å²) in [6.07, 6.45) is 5.21. The Kier molecular flexibility index (Phi) is 4.65. The van der Waals surface area contributed by atoms with E-state index in [1.165, 1.54) is 0 Å². The highest BCUT2D eigenvalue weighted by atomic mass is 16.1. The van der Waals surface area contributed by atoms with Crippen LogP contribution in [-0.4, -0.2) is 15.9 Å². The normalized spacial score (nSPS) is 10.2. The molecule has 0 atom stereocenters. The molecule has 0 saturated carbocycles. The van der Waals surface area contributed by atoms with Crippen molar-refractivity contribution in [3.8, 4) is 0 Å². The smallest absolute Gasteiger partial charge is 0.251 e. The molecular formula is C15H18N4O. The van der Waals surface area contributed by atoms with E-state index in [1.807, 2.05) is 12.1 Å². The summed E-state index contributed by atoms with van der Waals surface area (Å²) >= 11 is 0. The number of nitrogens with two attached hydrogens (primary N) is 1. The van der Waals surface area contributed by atoms with Crippen LogP contribution in [0.1, 0.15) is 35.0 Å². The van der Waals surface area contributed by atoms with Crippen LogP contribution in [0.5, 0.6) is 0 Å². The number of carbonyl (C=O) groups excluding carboxylic acids is 1. The van der Waals surface area contributed by atoms with Gasteiger partial charge < -0.3 is 11.1 Å². The lowest BCUT2D eigenvalue weighted by molar-refractivity contribution is 0.0950. The fourth-order valence-corrected chi connectivity index (χ4v) is 1.91. The minimum absolute atomic E-state index is 0.152. The minimum atomic E-state index is -0.152. The molecule has 0 aliphatic rings. The second-order valence-electron chi connectivity index (χ2n) is 4.57. The molecule has 5 nitrogen and oxygen atoms in total. The summed E-state index contributed by atoms with van der Waals surface area (Å²) in [7, 11) is 0. The Morgan fingerprint density at radius 1 is 1.40 bits per heavy atom. The molecule has 0 bridgehead atoms. The number of nitrogens with zero attached hydrogens (tertiary/aromatic N) is 2. The van der Waals surface area contributed by atoms with Crippen LogP contribution in [0, 0.1) is 0 Å². The molecule has 0 radical (unpaired) electrons. The quantitative estimate of drug-likeness (QED) is 0.870. The summed E-state index contributed by atoms with van der Waals surface area (Å²) in [5.41, 5.74) is 8.08. The van der Waals surface area contributed by atoms with E-state index in [4.69, 9.17) is 5.73 Å². The van der Waals surface area contributed by atoms with E-state index in [-0.39, 0.29) is 5.91 Å². The van der Waals surface area contributed by atoms with Crippen molar-refractivity contribution >= 4 is 11.7 Å². The number of carbonyl (C=O) groups is 1. The Morgan fingerprint density at radius 2 is 2.25 bits per heavy atom. The van der Waals surface area contributed by atoms with Crippen molar-refractivity contribution in [2.24, 2.45) is 0 Å². The number of hydrogen-bond acceptors (Lipinski definition) is 4. The molecule has 0 saturated heterocycles. The van der Waals surface area contributed by atoms with Crippen LogP contribution < -0.4 is 11.1 Å². The summed E-state index contributed by atoms with van der Waals surface area (Å²) in [5.74, 6) is 0.225. The summed E-state index contributed by atoms with van der Waals surface area (Å²) < 4.78 is 0. The SMILES string of the molecule is CCCc1cc(C(=O)NCc2cccnc2)cc(N)n1. The largest absolute Gasteiger partial charge is 0.384 e. The number of hydrogen-bond donors (Lipinski definition) is 2. The zero-order valence-corrected chi connectivity index (χ0v) is 11.5. The topological polar surface area (TPSA) is 80.9 Å². The molecular weight excluding hydrogens is 252 g/mol. The Labute approximate surface area is 118 Å². The van der Waals surface area contributed by atoms with Crippen LogP contribution >= 0.6 is 0 Å². The van der Waals surface area contributed by atoms with Gasteiger partial charge in [-0.1, -0.05) is 19.4 Å². The molecule has 0 aliphatic heterocycles. The molecule has 3 N–H and O–H groups in total. The molecule has 2 rings (SSSR count). The number of aryl methyl sites for hydroxylation is 1. The van der Waals surface area contributed by atoms with Gasteiger partial charge in [0.25, 0.3) is 5.91 Å². The van der Waals surface area contributed by atoms with Gasteiger partial charge in [0.2, 0.25) is 0 Å². The fourth-order valence-electron chi connectivity index (χ4n) is 1.91. The van der Waals surface area contributed by atoms with E-state index in [0.29, 0.717) is 17.9 Å². The van der Waals surface area contributed by atoms with Crippen molar-refractivity contribution < 1.29 is 4.79 Å². The zero-order chi connectivity index (χ0) is 14.4. The first-order chi connectivity index (χ1) is 9.69. The monoisotopic (exact) mass is 270 g/mol. The van der Waals surface area contributed by atoms with Crippen LogP contribution in [0.25, 0.3) is 0 Å². The maximum Gasteiger partial charge on any atom is 0.251 e. The minimum Gasteiger partial charge on any atom is -0.384 e. The van der Waals surface area contributed by atoms with E-state index < -0.39 is 0 Å². The van der Waals surface area contributed by atoms with Crippen molar-refractivity contribution in [2.75, 3.05) is 5.73 Å². The molecule has 0 aromatic carbocycles. The lowest BCUT2D eigenvalue weighted by atomic mass is 10.1. The number of amides is 1. The van der Waals surface area contributed by atoms with Crippen LogP contribution in [0.3, 0.4) is 0 Å². The third-order valence-corrected chi connectivity index (χ3v) is 2.84. The van der Waals surface area contributed by atoms with Gasteiger partial charge in [0, 0.05) is 30.2 Å². The van der Waals surface area contributed by atoms with Gasteiger partial charge in [0.1, 0.15) is 5.82 Å². The number of rotatable bonds is 5. The number of aromatic nitrogens is 2. The van der Waals surface area contributed by atoms with Crippen LogP contribution in [-0.2, 0) is 13.0 Å². The van der Waals surface area contributed by atoms with Gasteiger partial charge >= 0.3 is 0 Å². The molecule has 5 heteroatoms. The van der Waals surface area contributed by atoms with Gasteiger partial charge in [-0.2, -0.15) is 0 Å². The summed E-state index contributed by atoms with van der Waals surface area (Å²) in [5, 5.41) is 2.85. The van der Waals surface area contributed by atoms with Gasteiger partial charge in [0.15, 0.2) is 0 Å². The van der Waals surface area contributed by atoms with E-state index in [1.54, 1.807) is 24.5 Å². The van der Waals surface area contributed by atoms with E-state index in [0.717, 1.165) is 24.1 Å². The molecule has 1 amide bonds. The highest BCUT2D eigenvalue weighted by molar-refractivity contribution is 5.94. The molecule has 2 aromatic rings. The summed E-state index contributed by atoms with van der Waals surface area (Å²) in [6, 6.07) is 7.14. The summed E-state index contributed by atoms with van der Waals surface area (Å²) in [6.45, 7) is 2.50. The maximum atomic E-state index is 12.1. The second-order valence-corrected chi connectivity index (χ2v) is 4.57. The Balaban J connectivity index is 2.05. The molecule has 0 unspecified atom stereocenters. The van der Waals surface area contributed by atoms with Crippen LogP contribution in [0.2, 0.25) is 0 Å². The Hall–Kier alpha value is -2.43. The lowest BCUT2D eigenvalue weighted by Gasteiger charge is -2.07. The Bertz CT molecular complexity index is 584. The van der Waals surface area contributed by atoms with Gasteiger partial charge in [-0.05, 0) is 30.2 Å². The van der Waals surface area contributed by atoms with E-state index >= 15 is 0 Å². The van der Waals surface area contributed by atoms with Gasteiger partial charge in [0.05, 0.1) is 0 Å². The number of nitrogen functional groups attached to an aromatic ring is 1. The summed E-state index contributed by atoms with van der Waals surface area (Å²) in [4.78, 5) is 20.3. The lowest BCUT2D eigenvalue weighted by Crippen LogP contribution is -2.23. The molecule has 0 fully saturated rings. The van der Waals surface area contributed by atoms with Gasteiger partial charge in [-0.15, -0.1) is 0 Å².